The van der Waals surface area contributed by atoms with Crippen molar-refractivity contribution in [3.8, 4) is 5.75 Å². The minimum Gasteiger partial charge on any atom is -0.497 e. The van der Waals surface area contributed by atoms with Crippen LogP contribution in [0.2, 0.25) is 0 Å². The molecule has 0 saturated heterocycles. The summed E-state index contributed by atoms with van der Waals surface area (Å²) in [5.41, 5.74) is 0. The number of hydrogen-bond donors (Lipinski definition) is 1. The van der Waals surface area contributed by atoms with Gasteiger partial charge in [-0.15, -0.1) is 0 Å². The standard InChI is InChI=1S/C8H11NO2S/c1-9-12(10)8-5-3-7(11-2)4-6-8/h3-6,9H,1-2H3. The van der Waals surface area contributed by atoms with Crippen molar-refractivity contribution in [3.63, 3.8) is 0 Å². The first-order valence-electron chi connectivity index (χ1n) is 3.51. The van der Waals surface area contributed by atoms with Crippen molar-refractivity contribution in [1.82, 2.24) is 4.72 Å². The van der Waals surface area contributed by atoms with E-state index < -0.39 is 11.0 Å². The van der Waals surface area contributed by atoms with E-state index in [-0.39, 0.29) is 0 Å². The van der Waals surface area contributed by atoms with Gasteiger partial charge in [-0.05, 0) is 31.3 Å². The molecule has 66 valence electrons. The van der Waals surface area contributed by atoms with Crippen LogP contribution in [0, 0.1) is 0 Å². The third kappa shape index (κ3) is 2.06. The first-order valence-corrected chi connectivity index (χ1v) is 4.66. The van der Waals surface area contributed by atoms with E-state index in [1.54, 1.807) is 38.4 Å². The average molecular weight is 185 g/mol. The van der Waals surface area contributed by atoms with E-state index in [4.69, 9.17) is 4.74 Å². The summed E-state index contributed by atoms with van der Waals surface area (Å²) >= 11 is 0. The molecule has 0 heterocycles. The second-order valence-electron chi connectivity index (χ2n) is 2.15. The molecule has 0 radical (unpaired) electrons. The smallest absolute Gasteiger partial charge is 0.124 e. The van der Waals surface area contributed by atoms with E-state index in [0.717, 1.165) is 10.6 Å². The van der Waals surface area contributed by atoms with Gasteiger partial charge in [-0.1, -0.05) is 0 Å². The molecule has 0 aliphatic heterocycles. The lowest BCUT2D eigenvalue weighted by molar-refractivity contribution is 0.414. The molecular formula is C8H11NO2S. The van der Waals surface area contributed by atoms with Gasteiger partial charge in [0.1, 0.15) is 16.7 Å². The topological polar surface area (TPSA) is 38.3 Å². The maximum absolute atomic E-state index is 11.2. The van der Waals surface area contributed by atoms with Crippen LogP contribution in [0.3, 0.4) is 0 Å². The fourth-order valence-electron chi connectivity index (χ4n) is 0.817. The Bertz CT molecular complexity index is 271. The maximum atomic E-state index is 11.2. The van der Waals surface area contributed by atoms with Crippen molar-refractivity contribution < 1.29 is 8.95 Å². The molecule has 1 rings (SSSR count). The first-order chi connectivity index (χ1) is 5.77. The molecule has 0 saturated carbocycles. The van der Waals surface area contributed by atoms with Crippen LogP contribution in [0.4, 0.5) is 0 Å². The van der Waals surface area contributed by atoms with Crippen molar-refractivity contribution in [2.75, 3.05) is 14.2 Å². The number of nitrogens with one attached hydrogen (secondary N) is 1. The highest BCUT2D eigenvalue weighted by Crippen LogP contribution is 2.12. The van der Waals surface area contributed by atoms with E-state index in [2.05, 4.69) is 4.72 Å². The fourth-order valence-corrected chi connectivity index (χ4v) is 1.44. The molecule has 0 fully saturated rings. The van der Waals surface area contributed by atoms with Crippen LogP contribution in [0.25, 0.3) is 0 Å². The highest BCUT2D eigenvalue weighted by molar-refractivity contribution is 7.83. The van der Waals surface area contributed by atoms with Crippen LogP contribution < -0.4 is 9.46 Å². The summed E-state index contributed by atoms with van der Waals surface area (Å²) in [6.45, 7) is 0. The Morgan fingerprint density at radius 2 is 1.92 bits per heavy atom. The molecule has 1 unspecified atom stereocenters. The molecule has 0 aliphatic carbocycles. The SMILES string of the molecule is CNS(=O)c1ccc(OC)cc1. The molecule has 1 aromatic rings. The predicted molar refractivity (Wildman–Crippen MR) is 48.5 cm³/mol. The number of benzene rings is 1. The molecule has 1 aromatic carbocycles. The zero-order chi connectivity index (χ0) is 8.97. The lowest BCUT2D eigenvalue weighted by Gasteiger charge is -2.01. The molecule has 1 atom stereocenters. The Labute approximate surface area is 74.3 Å². The lowest BCUT2D eigenvalue weighted by atomic mass is 10.3. The Balaban J connectivity index is 2.84. The highest BCUT2D eigenvalue weighted by Gasteiger charge is 1.99. The number of methoxy groups -OCH3 is 1. The minimum atomic E-state index is -1.11. The van der Waals surface area contributed by atoms with Crippen LogP contribution >= 0.6 is 0 Å². The average Bonchev–Trinajstić information content (AvgIpc) is 2.17. The van der Waals surface area contributed by atoms with Crippen LogP contribution in [-0.4, -0.2) is 18.4 Å². The second-order valence-corrected chi connectivity index (χ2v) is 3.57. The molecule has 1 N–H and O–H groups in total. The lowest BCUT2D eigenvalue weighted by Crippen LogP contribution is -2.10. The summed E-state index contributed by atoms with van der Waals surface area (Å²) in [6, 6.07) is 7.10. The summed E-state index contributed by atoms with van der Waals surface area (Å²) in [5, 5.41) is 0. The van der Waals surface area contributed by atoms with Gasteiger partial charge in [0, 0.05) is 0 Å². The Morgan fingerprint density at radius 1 is 1.33 bits per heavy atom. The molecule has 0 aromatic heterocycles. The first kappa shape index (κ1) is 9.22. The summed E-state index contributed by atoms with van der Waals surface area (Å²) in [5.74, 6) is 0.770. The second kappa shape index (κ2) is 4.23. The van der Waals surface area contributed by atoms with Crippen LogP contribution in [0.5, 0.6) is 5.75 Å². The highest BCUT2D eigenvalue weighted by atomic mass is 32.2. The summed E-state index contributed by atoms with van der Waals surface area (Å²) in [4.78, 5) is 0.748. The van der Waals surface area contributed by atoms with Gasteiger partial charge in [-0.2, -0.15) is 0 Å². The third-order valence-electron chi connectivity index (χ3n) is 1.46. The molecule has 3 nitrogen and oxygen atoms in total. The van der Waals surface area contributed by atoms with Gasteiger partial charge in [0.2, 0.25) is 0 Å². The van der Waals surface area contributed by atoms with Crippen molar-refractivity contribution in [1.29, 1.82) is 0 Å². The Hall–Kier alpha value is -0.870. The van der Waals surface area contributed by atoms with Crippen LogP contribution in [-0.2, 0) is 11.0 Å². The summed E-state index contributed by atoms with van der Waals surface area (Å²) in [6.07, 6.45) is 0. The minimum absolute atomic E-state index is 0.748. The molecule has 0 aliphatic rings. The van der Waals surface area contributed by atoms with E-state index in [9.17, 15) is 4.21 Å². The quantitative estimate of drug-likeness (QED) is 0.761. The molecular weight excluding hydrogens is 174 g/mol. The van der Waals surface area contributed by atoms with Crippen LogP contribution in [0.1, 0.15) is 0 Å². The van der Waals surface area contributed by atoms with E-state index in [1.165, 1.54) is 0 Å². The van der Waals surface area contributed by atoms with Gasteiger partial charge in [-0.3, -0.25) is 0 Å². The van der Waals surface area contributed by atoms with Gasteiger partial charge in [0.15, 0.2) is 0 Å². The number of hydrogen-bond acceptors (Lipinski definition) is 2. The van der Waals surface area contributed by atoms with Gasteiger partial charge in [-0.25, -0.2) is 8.93 Å². The van der Waals surface area contributed by atoms with Crippen LogP contribution in [0.15, 0.2) is 29.2 Å². The zero-order valence-electron chi connectivity index (χ0n) is 7.03. The maximum Gasteiger partial charge on any atom is 0.124 e. The van der Waals surface area contributed by atoms with E-state index >= 15 is 0 Å². The van der Waals surface area contributed by atoms with Crippen molar-refractivity contribution in [2.45, 2.75) is 4.90 Å². The number of rotatable bonds is 3. The van der Waals surface area contributed by atoms with E-state index in [0.29, 0.717) is 0 Å². The molecule has 4 heteroatoms. The zero-order valence-corrected chi connectivity index (χ0v) is 7.85. The predicted octanol–water partition coefficient (Wildman–Crippen LogP) is 0.937. The molecule has 0 spiro atoms. The van der Waals surface area contributed by atoms with E-state index in [1.807, 2.05) is 0 Å². The fraction of sp³-hybridized carbons (Fsp3) is 0.250. The van der Waals surface area contributed by atoms with Gasteiger partial charge in [0.05, 0.1) is 12.0 Å². The van der Waals surface area contributed by atoms with Gasteiger partial charge in [0.25, 0.3) is 0 Å². The summed E-state index contributed by atoms with van der Waals surface area (Å²) in [7, 11) is 2.15. The Morgan fingerprint density at radius 3 is 2.33 bits per heavy atom. The largest absolute Gasteiger partial charge is 0.497 e. The van der Waals surface area contributed by atoms with Crippen molar-refractivity contribution in [2.24, 2.45) is 0 Å². The number of ether oxygens (including phenoxy) is 1. The Kier molecular flexibility index (Phi) is 3.25. The molecule has 12 heavy (non-hydrogen) atoms. The van der Waals surface area contributed by atoms with Crippen molar-refractivity contribution >= 4 is 11.0 Å². The monoisotopic (exact) mass is 185 g/mol. The molecule has 0 amide bonds. The normalized spacial score (nSPS) is 12.5. The van der Waals surface area contributed by atoms with Gasteiger partial charge >= 0.3 is 0 Å². The summed E-state index contributed by atoms with van der Waals surface area (Å²) < 4.78 is 18.8. The van der Waals surface area contributed by atoms with Gasteiger partial charge < -0.3 is 4.74 Å². The third-order valence-corrected chi connectivity index (χ3v) is 2.53. The molecule has 0 bridgehead atoms. The van der Waals surface area contributed by atoms with Crippen molar-refractivity contribution in [3.05, 3.63) is 24.3 Å².